The van der Waals surface area contributed by atoms with Crippen LogP contribution in [0.25, 0.3) is 0 Å². The van der Waals surface area contributed by atoms with Gasteiger partial charge in [0.25, 0.3) is 10.1 Å². The number of aromatic hydroxyl groups is 1. The zero-order valence-corrected chi connectivity index (χ0v) is 10.4. The third-order valence-corrected chi connectivity index (χ3v) is 3.80. The van der Waals surface area contributed by atoms with E-state index >= 15 is 0 Å². The summed E-state index contributed by atoms with van der Waals surface area (Å²) in [7, 11) is -4.35. The zero-order chi connectivity index (χ0) is 12.6. The molecule has 0 fully saturated rings. The predicted octanol–water partition coefficient (Wildman–Crippen LogP) is 2.33. The SMILES string of the molecule is CCC(C)(C)c1ccc(S(=O)(=O)O)c(O)c1. The summed E-state index contributed by atoms with van der Waals surface area (Å²) in [5.41, 5.74) is 0.690. The Morgan fingerprint density at radius 2 is 1.88 bits per heavy atom. The summed E-state index contributed by atoms with van der Waals surface area (Å²) < 4.78 is 30.6. The summed E-state index contributed by atoms with van der Waals surface area (Å²) in [5, 5.41) is 9.55. The van der Waals surface area contributed by atoms with E-state index in [9.17, 15) is 13.5 Å². The predicted molar refractivity (Wildman–Crippen MR) is 61.2 cm³/mol. The van der Waals surface area contributed by atoms with E-state index in [1.165, 1.54) is 12.1 Å². The quantitative estimate of drug-likeness (QED) is 0.800. The number of phenolic OH excluding ortho intramolecular Hbond substituents is 1. The van der Waals surface area contributed by atoms with Crippen molar-refractivity contribution in [1.82, 2.24) is 0 Å². The standard InChI is InChI=1S/C11H16O4S/c1-4-11(2,3)8-5-6-10(9(12)7-8)16(13,14)15/h5-7,12H,4H2,1-3H3,(H,13,14,15). The highest BCUT2D eigenvalue weighted by molar-refractivity contribution is 7.86. The summed E-state index contributed by atoms with van der Waals surface area (Å²) in [6.07, 6.45) is 0.859. The molecule has 0 bridgehead atoms. The largest absolute Gasteiger partial charge is 0.506 e. The van der Waals surface area contributed by atoms with Gasteiger partial charge in [-0.15, -0.1) is 0 Å². The van der Waals surface area contributed by atoms with E-state index < -0.39 is 20.8 Å². The van der Waals surface area contributed by atoms with Crippen LogP contribution in [0.15, 0.2) is 23.1 Å². The van der Waals surface area contributed by atoms with E-state index in [-0.39, 0.29) is 5.41 Å². The van der Waals surface area contributed by atoms with Gasteiger partial charge in [-0.3, -0.25) is 4.55 Å². The molecule has 0 saturated carbocycles. The van der Waals surface area contributed by atoms with Crippen molar-refractivity contribution >= 4 is 10.1 Å². The first-order valence-electron chi connectivity index (χ1n) is 4.99. The monoisotopic (exact) mass is 244 g/mol. The van der Waals surface area contributed by atoms with Crippen LogP contribution in [0.2, 0.25) is 0 Å². The molecular formula is C11H16O4S. The van der Waals surface area contributed by atoms with Crippen molar-refractivity contribution in [2.45, 2.75) is 37.5 Å². The molecule has 4 nitrogen and oxygen atoms in total. The second kappa shape index (κ2) is 4.07. The summed E-state index contributed by atoms with van der Waals surface area (Å²) >= 11 is 0. The molecule has 16 heavy (non-hydrogen) atoms. The Balaban J connectivity index is 3.30. The van der Waals surface area contributed by atoms with Crippen molar-refractivity contribution in [3.63, 3.8) is 0 Å². The minimum Gasteiger partial charge on any atom is -0.506 e. The van der Waals surface area contributed by atoms with E-state index in [1.54, 1.807) is 6.07 Å². The van der Waals surface area contributed by atoms with Crippen molar-refractivity contribution < 1.29 is 18.1 Å². The first kappa shape index (κ1) is 13.0. The average molecular weight is 244 g/mol. The Hall–Kier alpha value is -1.07. The normalized spacial score (nSPS) is 12.8. The van der Waals surface area contributed by atoms with Gasteiger partial charge in [0.1, 0.15) is 10.6 Å². The van der Waals surface area contributed by atoms with E-state index in [0.29, 0.717) is 0 Å². The number of phenols is 1. The summed E-state index contributed by atoms with van der Waals surface area (Å²) in [5.74, 6) is -0.415. The lowest BCUT2D eigenvalue weighted by molar-refractivity contribution is 0.437. The summed E-state index contributed by atoms with van der Waals surface area (Å²) in [4.78, 5) is -0.455. The van der Waals surface area contributed by atoms with Gasteiger partial charge in [0.05, 0.1) is 0 Å². The maximum atomic E-state index is 10.9. The first-order chi connectivity index (χ1) is 7.18. The molecule has 0 unspecified atom stereocenters. The molecule has 90 valence electrons. The van der Waals surface area contributed by atoms with Gasteiger partial charge in [-0.05, 0) is 29.5 Å². The number of benzene rings is 1. The Morgan fingerprint density at radius 1 is 1.31 bits per heavy atom. The molecular weight excluding hydrogens is 228 g/mol. The maximum absolute atomic E-state index is 10.9. The molecule has 1 aromatic rings. The molecule has 0 spiro atoms. The molecule has 1 rings (SSSR count). The van der Waals surface area contributed by atoms with Gasteiger partial charge in [-0.1, -0.05) is 26.8 Å². The molecule has 0 aromatic heterocycles. The molecule has 0 saturated heterocycles. The van der Waals surface area contributed by atoms with Crippen molar-refractivity contribution in [2.24, 2.45) is 0 Å². The Labute approximate surface area is 95.7 Å². The molecule has 0 atom stereocenters. The second-order valence-corrected chi connectivity index (χ2v) is 5.78. The highest BCUT2D eigenvalue weighted by Gasteiger charge is 2.22. The molecule has 1 aromatic carbocycles. The second-order valence-electron chi connectivity index (χ2n) is 4.40. The molecule has 0 heterocycles. The van der Waals surface area contributed by atoms with Crippen LogP contribution in [0, 0.1) is 0 Å². The van der Waals surface area contributed by atoms with Gasteiger partial charge in [0, 0.05) is 0 Å². The van der Waals surface area contributed by atoms with Crippen molar-refractivity contribution in [1.29, 1.82) is 0 Å². The molecule has 2 N–H and O–H groups in total. The molecule has 0 amide bonds. The molecule has 0 aliphatic rings. The van der Waals surface area contributed by atoms with Crippen LogP contribution in [0.1, 0.15) is 32.8 Å². The van der Waals surface area contributed by atoms with Crippen molar-refractivity contribution in [3.05, 3.63) is 23.8 Å². The van der Waals surface area contributed by atoms with Gasteiger partial charge in [0.2, 0.25) is 0 Å². The van der Waals surface area contributed by atoms with Crippen LogP contribution >= 0.6 is 0 Å². The number of hydrogen-bond acceptors (Lipinski definition) is 3. The molecule has 0 aliphatic carbocycles. The van der Waals surface area contributed by atoms with Gasteiger partial charge >= 0.3 is 0 Å². The third-order valence-electron chi connectivity index (χ3n) is 2.90. The fourth-order valence-corrected chi connectivity index (χ4v) is 1.92. The molecule has 0 aliphatic heterocycles. The third kappa shape index (κ3) is 2.54. The van der Waals surface area contributed by atoms with Gasteiger partial charge in [-0.2, -0.15) is 8.42 Å². The topological polar surface area (TPSA) is 74.6 Å². The van der Waals surface area contributed by atoms with Crippen LogP contribution in [-0.2, 0) is 15.5 Å². The van der Waals surface area contributed by atoms with Crippen LogP contribution in [0.3, 0.4) is 0 Å². The van der Waals surface area contributed by atoms with Crippen LogP contribution in [-0.4, -0.2) is 18.1 Å². The van der Waals surface area contributed by atoms with Crippen molar-refractivity contribution in [2.75, 3.05) is 0 Å². The molecule has 0 radical (unpaired) electrons. The van der Waals surface area contributed by atoms with Crippen LogP contribution in [0.4, 0.5) is 0 Å². The van der Waals surface area contributed by atoms with E-state index in [4.69, 9.17) is 4.55 Å². The number of rotatable bonds is 3. The lowest BCUT2D eigenvalue weighted by Gasteiger charge is -2.23. The van der Waals surface area contributed by atoms with Gasteiger partial charge in [0.15, 0.2) is 0 Å². The highest BCUT2D eigenvalue weighted by atomic mass is 32.2. The highest BCUT2D eigenvalue weighted by Crippen LogP contribution is 2.32. The first-order valence-corrected chi connectivity index (χ1v) is 6.43. The van der Waals surface area contributed by atoms with Crippen LogP contribution in [0.5, 0.6) is 5.75 Å². The summed E-state index contributed by atoms with van der Waals surface area (Å²) in [6, 6.07) is 4.20. The van der Waals surface area contributed by atoms with E-state index in [0.717, 1.165) is 12.0 Å². The number of hydrogen-bond donors (Lipinski definition) is 2. The smallest absolute Gasteiger partial charge is 0.298 e. The minimum atomic E-state index is -4.35. The average Bonchev–Trinajstić information content (AvgIpc) is 2.15. The fraction of sp³-hybridized carbons (Fsp3) is 0.455. The Kier molecular flexibility index (Phi) is 3.30. The lowest BCUT2D eigenvalue weighted by Crippen LogP contribution is -2.15. The maximum Gasteiger partial charge on any atom is 0.298 e. The lowest BCUT2D eigenvalue weighted by atomic mass is 9.82. The Morgan fingerprint density at radius 3 is 2.25 bits per heavy atom. The van der Waals surface area contributed by atoms with Crippen LogP contribution < -0.4 is 0 Å². The van der Waals surface area contributed by atoms with E-state index in [2.05, 4.69) is 0 Å². The van der Waals surface area contributed by atoms with Gasteiger partial charge < -0.3 is 5.11 Å². The van der Waals surface area contributed by atoms with E-state index in [1.807, 2.05) is 20.8 Å². The van der Waals surface area contributed by atoms with Gasteiger partial charge in [-0.25, -0.2) is 0 Å². The summed E-state index contributed by atoms with van der Waals surface area (Å²) in [6.45, 7) is 6.00. The fourth-order valence-electron chi connectivity index (χ4n) is 1.36. The Bertz CT molecular complexity index is 489. The minimum absolute atomic E-state index is 0.144. The zero-order valence-electron chi connectivity index (χ0n) is 9.56. The van der Waals surface area contributed by atoms with Crippen molar-refractivity contribution in [3.8, 4) is 5.75 Å². The molecule has 5 heteroatoms.